The van der Waals surface area contributed by atoms with Crippen LogP contribution in [0.15, 0.2) is 4.99 Å². The quantitative estimate of drug-likeness (QED) is 0.498. The van der Waals surface area contributed by atoms with Gasteiger partial charge in [-0.1, -0.05) is 13.8 Å². The second-order valence-electron chi connectivity index (χ2n) is 2.34. The van der Waals surface area contributed by atoms with Gasteiger partial charge in [-0.3, -0.25) is 0 Å². The highest BCUT2D eigenvalue weighted by molar-refractivity contribution is 7.78. The van der Waals surface area contributed by atoms with Crippen molar-refractivity contribution in [2.24, 2.45) is 10.7 Å². The second-order valence-corrected chi connectivity index (χ2v) is 2.52. The van der Waals surface area contributed by atoms with Gasteiger partial charge in [0, 0.05) is 6.54 Å². The molecular weight excluding hydrogens is 144 g/mol. The van der Waals surface area contributed by atoms with E-state index >= 15 is 0 Å². The summed E-state index contributed by atoms with van der Waals surface area (Å²) in [5.74, 6) is 0. The summed E-state index contributed by atoms with van der Waals surface area (Å²) in [6, 6.07) is 0. The van der Waals surface area contributed by atoms with Crippen molar-refractivity contribution in [1.82, 2.24) is 0 Å². The van der Waals surface area contributed by atoms with Gasteiger partial charge in [0.05, 0.1) is 10.7 Å². The molecule has 3 heteroatoms. The number of isothiocyanates is 1. The van der Waals surface area contributed by atoms with Crippen LogP contribution in [-0.2, 0) is 0 Å². The maximum atomic E-state index is 5.53. The Balaban J connectivity index is 4.29. The van der Waals surface area contributed by atoms with Crippen LogP contribution >= 0.6 is 12.2 Å². The first-order valence-electron chi connectivity index (χ1n) is 3.53. The van der Waals surface area contributed by atoms with Gasteiger partial charge < -0.3 is 5.73 Å². The summed E-state index contributed by atoms with van der Waals surface area (Å²) in [5.41, 5.74) is 5.40. The van der Waals surface area contributed by atoms with Crippen LogP contribution in [0.2, 0.25) is 0 Å². The molecule has 0 aromatic heterocycles. The van der Waals surface area contributed by atoms with Crippen molar-refractivity contribution < 1.29 is 0 Å². The Bertz CT molecular complexity index is 126. The summed E-state index contributed by atoms with van der Waals surface area (Å²) in [4.78, 5) is 4.05. The Hall–Kier alpha value is -0.240. The van der Waals surface area contributed by atoms with E-state index in [2.05, 4.69) is 36.2 Å². The predicted molar refractivity (Wildman–Crippen MR) is 47.4 cm³/mol. The molecule has 0 rings (SSSR count). The average Bonchev–Trinajstić information content (AvgIpc) is 2.01. The Morgan fingerprint density at radius 2 is 2.00 bits per heavy atom. The lowest BCUT2D eigenvalue weighted by Crippen LogP contribution is -2.34. The van der Waals surface area contributed by atoms with Crippen molar-refractivity contribution in [3.05, 3.63) is 0 Å². The SMILES string of the molecule is CCC(CC)(CN)N=C=S. The molecule has 0 unspecified atom stereocenters. The summed E-state index contributed by atoms with van der Waals surface area (Å²) in [6.07, 6.45) is 1.87. The number of thiocarbonyl (C=S) groups is 1. The summed E-state index contributed by atoms with van der Waals surface area (Å²) in [5, 5.41) is 2.39. The number of hydrogen-bond acceptors (Lipinski definition) is 3. The lowest BCUT2D eigenvalue weighted by molar-refractivity contribution is 0.413. The fraction of sp³-hybridized carbons (Fsp3) is 0.857. The van der Waals surface area contributed by atoms with Gasteiger partial charge in [0.15, 0.2) is 0 Å². The van der Waals surface area contributed by atoms with Gasteiger partial charge in [-0.15, -0.1) is 0 Å². The number of hydrogen-bond donors (Lipinski definition) is 1. The van der Waals surface area contributed by atoms with Gasteiger partial charge in [-0.05, 0) is 25.1 Å². The number of nitrogens with zero attached hydrogens (tertiary/aromatic N) is 1. The molecule has 0 aliphatic heterocycles. The van der Waals surface area contributed by atoms with Crippen LogP contribution in [-0.4, -0.2) is 17.2 Å². The molecular formula is C7H14N2S. The Labute approximate surface area is 67.5 Å². The molecule has 0 aliphatic rings. The van der Waals surface area contributed by atoms with Crippen LogP contribution in [0.1, 0.15) is 26.7 Å². The van der Waals surface area contributed by atoms with Crippen molar-refractivity contribution in [1.29, 1.82) is 0 Å². The number of aliphatic imine (C=N–C) groups is 1. The molecule has 58 valence electrons. The molecule has 0 radical (unpaired) electrons. The molecule has 0 amide bonds. The van der Waals surface area contributed by atoms with Gasteiger partial charge >= 0.3 is 0 Å². The maximum absolute atomic E-state index is 5.53. The summed E-state index contributed by atoms with van der Waals surface area (Å²) in [6.45, 7) is 4.68. The Kier molecular flexibility index (Phi) is 4.45. The maximum Gasteiger partial charge on any atom is 0.0827 e. The second kappa shape index (κ2) is 4.56. The van der Waals surface area contributed by atoms with E-state index in [4.69, 9.17) is 5.73 Å². The van der Waals surface area contributed by atoms with Crippen LogP contribution in [0.3, 0.4) is 0 Å². The molecule has 10 heavy (non-hydrogen) atoms. The molecule has 0 saturated heterocycles. The molecule has 0 heterocycles. The smallest absolute Gasteiger partial charge is 0.0827 e. The van der Waals surface area contributed by atoms with E-state index in [0.29, 0.717) is 6.54 Å². The molecule has 0 aromatic rings. The van der Waals surface area contributed by atoms with Gasteiger partial charge in [0.1, 0.15) is 0 Å². The summed E-state index contributed by atoms with van der Waals surface area (Å²) >= 11 is 4.53. The summed E-state index contributed by atoms with van der Waals surface area (Å²) < 4.78 is 0. The number of rotatable bonds is 4. The first-order valence-corrected chi connectivity index (χ1v) is 3.94. The highest BCUT2D eigenvalue weighted by Gasteiger charge is 2.21. The van der Waals surface area contributed by atoms with Crippen molar-refractivity contribution in [2.75, 3.05) is 6.54 Å². The zero-order chi connectivity index (χ0) is 8.04. The van der Waals surface area contributed by atoms with Crippen LogP contribution in [0, 0.1) is 0 Å². The van der Waals surface area contributed by atoms with Crippen LogP contribution in [0.25, 0.3) is 0 Å². The average molecular weight is 158 g/mol. The lowest BCUT2D eigenvalue weighted by atomic mass is 9.94. The Morgan fingerprint density at radius 1 is 1.50 bits per heavy atom. The van der Waals surface area contributed by atoms with Crippen molar-refractivity contribution in [3.63, 3.8) is 0 Å². The third-order valence-electron chi connectivity index (χ3n) is 1.98. The zero-order valence-electron chi connectivity index (χ0n) is 6.55. The molecule has 0 atom stereocenters. The minimum Gasteiger partial charge on any atom is -0.328 e. The first kappa shape index (κ1) is 9.76. The van der Waals surface area contributed by atoms with E-state index in [0.717, 1.165) is 12.8 Å². The number of nitrogens with two attached hydrogens (primary N) is 1. The molecule has 2 nitrogen and oxygen atoms in total. The minimum absolute atomic E-state index is 0.137. The monoisotopic (exact) mass is 158 g/mol. The first-order chi connectivity index (χ1) is 4.74. The third-order valence-corrected chi connectivity index (χ3v) is 2.07. The van der Waals surface area contributed by atoms with Crippen LogP contribution in [0.5, 0.6) is 0 Å². The zero-order valence-corrected chi connectivity index (χ0v) is 7.37. The lowest BCUT2D eigenvalue weighted by Gasteiger charge is -2.22. The molecule has 0 saturated carbocycles. The normalized spacial score (nSPS) is 10.7. The van der Waals surface area contributed by atoms with Gasteiger partial charge in [-0.2, -0.15) is 0 Å². The molecule has 0 bridgehead atoms. The molecule has 0 aromatic carbocycles. The van der Waals surface area contributed by atoms with E-state index in [1.165, 1.54) is 0 Å². The highest BCUT2D eigenvalue weighted by atomic mass is 32.1. The van der Waals surface area contributed by atoms with Crippen LogP contribution < -0.4 is 5.73 Å². The standard InChI is InChI=1S/C7H14N2S/c1-3-7(4-2,5-8)9-6-10/h3-5,8H2,1-2H3. The Morgan fingerprint density at radius 3 is 2.10 bits per heavy atom. The topological polar surface area (TPSA) is 38.4 Å². The van der Waals surface area contributed by atoms with E-state index in [-0.39, 0.29) is 5.54 Å². The highest BCUT2D eigenvalue weighted by Crippen LogP contribution is 2.17. The summed E-state index contributed by atoms with van der Waals surface area (Å²) in [7, 11) is 0. The van der Waals surface area contributed by atoms with Gasteiger partial charge in [0.2, 0.25) is 0 Å². The molecule has 0 fully saturated rings. The molecule has 0 spiro atoms. The molecule has 2 N–H and O–H groups in total. The largest absolute Gasteiger partial charge is 0.328 e. The predicted octanol–water partition coefficient (Wildman–Crippen LogP) is 1.61. The van der Waals surface area contributed by atoms with Crippen molar-refractivity contribution >= 4 is 17.4 Å². The van der Waals surface area contributed by atoms with E-state index < -0.39 is 0 Å². The fourth-order valence-corrected chi connectivity index (χ4v) is 1.03. The van der Waals surface area contributed by atoms with Crippen molar-refractivity contribution in [3.8, 4) is 0 Å². The van der Waals surface area contributed by atoms with Crippen molar-refractivity contribution in [2.45, 2.75) is 32.2 Å². The van der Waals surface area contributed by atoms with Crippen LogP contribution in [0.4, 0.5) is 0 Å². The van der Waals surface area contributed by atoms with E-state index in [9.17, 15) is 0 Å². The fourth-order valence-electron chi connectivity index (χ4n) is 0.839. The van der Waals surface area contributed by atoms with E-state index in [1.807, 2.05) is 0 Å². The van der Waals surface area contributed by atoms with Gasteiger partial charge in [-0.25, -0.2) is 4.99 Å². The minimum atomic E-state index is -0.137. The van der Waals surface area contributed by atoms with Gasteiger partial charge in [0.25, 0.3) is 0 Å². The van der Waals surface area contributed by atoms with E-state index in [1.54, 1.807) is 0 Å². The third kappa shape index (κ3) is 2.18. The molecule has 0 aliphatic carbocycles.